The van der Waals surface area contributed by atoms with E-state index in [0.29, 0.717) is 0 Å². The second-order valence-corrected chi connectivity index (χ2v) is 5.12. The van der Waals surface area contributed by atoms with Crippen molar-refractivity contribution in [2.24, 2.45) is 0 Å². The number of nitrogens with one attached hydrogen (secondary N) is 1. The molecule has 1 unspecified atom stereocenters. The molecule has 2 rings (SSSR count). The minimum absolute atomic E-state index is 0.0358. The number of carboxylic acids is 1. The number of hydrogen-bond donors (Lipinski definition) is 2. The monoisotopic (exact) mass is 277 g/mol. The second kappa shape index (κ2) is 6.05. The van der Waals surface area contributed by atoms with Crippen LogP contribution in [0.3, 0.4) is 0 Å². The maximum Gasteiger partial charge on any atom is 0.328 e. The predicted molar refractivity (Wildman–Crippen MR) is 73.4 cm³/mol. The van der Waals surface area contributed by atoms with E-state index < -0.39 is 17.4 Å². The topological polar surface area (TPSA) is 75.6 Å². The average molecular weight is 277 g/mol. The zero-order chi connectivity index (χ0) is 14.6. The molecule has 1 aliphatic carbocycles. The predicted octanol–water partition coefficient (Wildman–Crippen LogP) is 1.32. The first-order chi connectivity index (χ1) is 9.60. The average Bonchev–Trinajstić information content (AvgIpc) is 2.38. The number of carbonyl (C=O) groups is 2. The lowest BCUT2D eigenvalue weighted by Crippen LogP contribution is -2.54. The highest BCUT2D eigenvalue weighted by molar-refractivity contribution is 5.92. The summed E-state index contributed by atoms with van der Waals surface area (Å²) in [6, 6.07) is 8.53. The van der Waals surface area contributed by atoms with Gasteiger partial charge in [0, 0.05) is 7.11 Å². The molecule has 108 valence electrons. The summed E-state index contributed by atoms with van der Waals surface area (Å²) in [5.41, 5.74) is 0.369. The SMILES string of the molecule is COCC(NC(=O)C1(c2ccccc2)CCC1)C(=O)O. The molecule has 1 fully saturated rings. The van der Waals surface area contributed by atoms with Gasteiger partial charge in [-0.05, 0) is 18.4 Å². The molecular formula is C15H19NO4. The van der Waals surface area contributed by atoms with E-state index in [1.165, 1.54) is 7.11 Å². The van der Waals surface area contributed by atoms with Crippen molar-refractivity contribution in [3.63, 3.8) is 0 Å². The van der Waals surface area contributed by atoms with Crippen molar-refractivity contribution in [1.82, 2.24) is 5.32 Å². The first kappa shape index (κ1) is 14.5. The molecule has 1 saturated carbocycles. The highest BCUT2D eigenvalue weighted by atomic mass is 16.5. The zero-order valence-corrected chi connectivity index (χ0v) is 11.5. The summed E-state index contributed by atoms with van der Waals surface area (Å²) in [7, 11) is 1.42. The van der Waals surface area contributed by atoms with Crippen LogP contribution in [-0.2, 0) is 19.7 Å². The van der Waals surface area contributed by atoms with Gasteiger partial charge in [-0.25, -0.2) is 4.79 Å². The van der Waals surface area contributed by atoms with E-state index >= 15 is 0 Å². The van der Waals surface area contributed by atoms with Crippen molar-refractivity contribution in [1.29, 1.82) is 0 Å². The van der Waals surface area contributed by atoms with Gasteiger partial charge >= 0.3 is 5.97 Å². The van der Waals surface area contributed by atoms with Gasteiger partial charge in [0.2, 0.25) is 5.91 Å². The molecule has 2 N–H and O–H groups in total. The smallest absolute Gasteiger partial charge is 0.328 e. The molecule has 0 spiro atoms. The number of ether oxygens (including phenoxy) is 1. The Morgan fingerprint density at radius 2 is 2.00 bits per heavy atom. The Hall–Kier alpha value is -1.88. The number of rotatable bonds is 6. The minimum atomic E-state index is -1.08. The molecule has 1 aromatic rings. The molecule has 1 amide bonds. The van der Waals surface area contributed by atoms with Gasteiger partial charge in [0.15, 0.2) is 6.04 Å². The van der Waals surface area contributed by atoms with Crippen LogP contribution < -0.4 is 5.32 Å². The molecule has 1 aromatic carbocycles. The molecule has 20 heavy (non-hydrogen) atoms. The van der Waals surface area contributed by atoms with Crippen LogP contribution in [0.4, 0.5) is 0 Å². The Balaban J connectivity index is 2.16. The standard InChI is InChI=1S/C15H19NO4/c1-20-10-12(13(17)18)16-14(19)15(8-5-9-15)11-6-3-2-4-7-11/h2-4,6-7,12H,5,8-10H2,1H3,(H,16,19)(H,17,18). The molecule has 0 aliphatic heterocycles. The molecule has 5 nitrogen and oxygen atoms in total. The third kappa shape index (κ3) is 2.67. The Morgan fingerprint density at radius 3 is 2.45 bits per heavy atom. The molecule has 0 aromatic heterocycles. The number of hydrogen-bond acceptors (Lipinski definition) is 3. The summed E-state index contributed by atoms with van der Waals surface area (Å²) in [6.07, 6.45) is 2.48. The van der Waals surface area contributed by atoms with Gasteiger partial charge in [-0.2, -0.15) is 0 Å². The lowest BCUT2D eigenvalue weighted by atomic mass is 9.63. The van der Waals surface area contributed by atoms with E-state index in [9.17, 15) is 9.59 Å². The Labute approximate surface area is 117 Å². The maximum atomic E-state index is 12.5. The van der Waals surface area contributed by atoms with Crippen molar-refractivity contribution in [3.8, 4) is 0 Å². The largest absolute Gasteiger partial charge is 0.480 e. The fourth-order valence-electron chi connectivity index (χ4n) is 2.57. The number of aliphatic carboxylic acids is 1. The highest BCUT2D eigenvalue weighted by Crippen LogP contribution is 2.43. The third-order valence-electron chi connectivity index (χ3n) is 3.90. The second-order valence-electron chi connectivity index (χ2n) is 5.12. The molecule has 5 heteroatoms. The fourth-order valence-corrected chi connectivity index (χ4v) is 2.57. The summed E-state index contributed by atoms with van der Waals surface area (Å²) in [4.78, 5) is 23.6. The van der Waals surface area contributed by atoms with Gasteiger partial charge in [0.25, 0.3) is 0 Å². The van der Waals surface area contributed by atoms with E-state index in [2.05, 4.69) is 5.32 Å². The van der Waals surface area contributed by atoms with Gasteiger partial charge in [0.05, 0.1) is 12.0 Å². The maximum absolute atomic E-state index is 12.5. The van der Waals surface area contributed by atoms with E-state index in [0.717, 1.165) is 24.8 Å². The lowest BCUT2D eigenvalue weighted by molar-refractivity contribution is -0.145. The van der Waals surface area contributed by atoms with Crippen LogP contribution in [0, 0.1) is 0 Å². The molecule has 1 aliphatic rings. The Bertz CT molecular complexity index is 482. The summed E-state index contributed by atoms with van der Waals surface area (Å²) in [5.74, 6) is -1.30. The summed E-state index contributed by atoms with van der Waals surface area (Å²) in [6.45, 7) is -0.0358. The molecular weight excluding hydrogens is 258 g/mol. The van der Waals surface area contributed by atoms with Crippen molar-refractivity contribution in [2.45, 2.75) is 30.7 Å². The van der Waals surface area contributed by atoms with Gasteiger partial charge in [-0.1, -0.05) is 36.8 Å². The van der Waals surface area contributed by atoms with Crippen LogP contribution in [0.15, 0.2) is 30.3 Å². The van der Waals surface area contributed by atoms with E-state index in [1.54, 1.807) is 0 Å². The minimum Gasteiger partial charge on any atom is -0.480 e. The Morgan fingerprint density at radius 1 is 1.35 bits per heavy atom. The summed E-state index contributed by atoms with van der Waals surface area (Å²) in [5, 5.41) is 11.7. The number of methoxy groups -OCH3 is 1. The fraction of sp³-hybridized carbons (Fsp3) is 0.467. The third-order valence-corrected chi connectivity index (χ3v) is 3.90. The molecule has 0 bridgehead atoms. The highest BCUT2D eigenvalue weighted by Gasteiger charge is 2.46. The lowest BCUT2D eigenvalue weighted by Gasteiger charge is -2.41. The van der Waals surface area contributed by atoms with Crippen molar-refractivity contribution >= 4 is 11.9 Å². The van der Waals surface area contributed by atoms with Crippen LogP contribution in [0.1, 0.15) is 24.8 Å². The number of carboxylic acid groups (broad SMARTS) is 1. The first-order valence-corrected chi connectivity index (χ1v) is 6.68. The van der Waals surface area contributed by atoms with Gasteiger partial charge in [-0.3, -0.25) is 4.79 Å². The van der Waals surface area contributed by atoms with Gasteiger partial charge < -0.3 is 15.2 Å². The summed E-state index contributed by atoms with van der Waals surface area (Å²) >= 11 is 0. The zero-order valence-electron chi connectivity index (χ0n) is 11.5. The van der Waals surface area contributed by atoms with Gasteiger partial charge in [0.1, 0.15) is 0 Å². The normalized spacial score (nSPS) is 17.9. The van der Waals surface area contributed by atoms with E-state index in [-0.39, 0.29) is 12.5 Å². The number of carbonyl (C=O) groups excluding carboxylic acids is 1. The van der Waals surface area contributed by atoms with Crippen LogP contribution in [0.5, 0.6) is 0 Å². The van der Waals surface area contributed by atoms with Crippen LogP contribution in [0.25, 0.3) is 0 Å². The molecule has 1 atom stereocenters. The molecule has 0 heterocycles. The summed E-state index contributed by atoms with van der Waals surface area (Å²) < 4.78 is 4.84. The molecule has 0 radical (unpaired) electrons. The van der Waals surface area contributed by atoms with Crippen molar-refractivity contribution in [2.75, 3.05) is 13.7 Å². The number of amides is 1. The van der Waals surface area contributed by atoms with Crippen LogP contribution in [0.2, 0.25) is 0 Å². The number of benzene rings is 1. The van der Waals surface area contributed by atoms with Crippen molar-refractivity contribution < 1.29 is 19.4 Å². The van der Waals surface area contributed by atoms with Crippen LogP contribution in [-0.4, -0.2) is 36.7 Å². The Kier molecular flexibility index (Phi) is 4.39. The van der Waals surface area contributed by atoms with E-state index in [4.69, 9.17) is 9.84 Å². The van der Waals surface area contributed by atoms with E-state index in [1.807, 2.05) is 30.3 Å². The first-order valence-electron chi connectivity index (χ1n) is 6.68. The quantitative estimate of drug-likeness (QED) is 0.822. The van der Waals surface area contributed by atoms with Crippen LogP contribution >= 0.6 is 0 Å². The molecule has 0 saturated heterocycles. The van der Waals surface area contributed by atoms with Gasteiger partial charge in [-0.15, -0.1) is 0 Å². The van der Waals surface area contributed by atoms with Crippen molar-refractivity contribution in [3.05, 3.63) is 35.9 Å².